The highest BCUT2D eigenvalue weighted by molar-refractivity contribution is 5.94. The molecule has 4 amide bonds. The van der Waals surface area contributed by atoms with Crippen LogP contribution >= 0.6 is 0 Å². The first-order valence-corrected chi connectivity index (χ1v) is 35.5. The minimum atomic E-state index is -1.77. The number of aromatic nitrogens is 2. The molecule has 5 aliphatic rings. The highest BCUT2D eigenvalue weighted by Gasteiger charge is 2.62. The molecule has 1 aliphatic heterocycles. The van der Waals surface area contributed by atoms with Crippen LogP contribution in [0.25, 0.3) is 16.9 Å². The summed E-state index contributed by atoms with van der Waals surface area (Å²) in [5.74, 6) is -1.90. The number of aliphatic carboxylic acids is 3. The predicted octanol–water partition coefficient (Wildman–Crippen LogP) is 3.17. The van der Waals surface area contributed by atoms with Gasteiger partial charge in [0, 0.05) is 118 Å². The monoisotopic (exact) mass is 1410 g/mol. The number of nitrogens with one attached hydrogen (secondary N) is 3. The number of aliphatic hydroxyl groups is 3. The van der Waals surface area contributed by atoms with E-state index < -0.39 is 42.0 Å². The molecule has 0 spiro atoms. The van der Waals surface area contributed by atoms with Crippen LogP contribution in [0.1, 0.15) is 131 Å². The van der Waals surface area contributed by atoms with Gasteiger partial charge in [0.15, 0.2) is 12.5 Å². The second-order valence-electron chi connectivity index (χ2n) is 27.5. The molecule has 2 heterocycles. The van der Waals surface area contributed by atoms with Crippen molar-refractivity contribution >= 4 is 41.5 Å². The van der Waals surface area contributed by atoms with Crippen molar-refractivity contribution in [3.05, 3.63) is 59.3 Å². The topological polar surface area (TPSA) is 360 Å². The first-order chi connectivity index (χ1) is 47.9. The van der Waals surface area contributed by atoms with Crippen LogP contribution in [0.2, 0.25) is 0 Å². The average Bonchev–Trinajstić information content (AvgIpc) is 0.783. The van der Waals surface area contributed by atoms with Gasteiger partial charge in [0.25, 0.3) is 5.91 Å². The predicted molar refractivity (Wildman–Crippen MR) is 371 cm³/mol. The summed E-state index contributed by atoms with van der Waals surface area (Å²) in [5.41, 5.74) is 2.12. The van der Waals surface area contributed by atoms with Crippen LogP contribution in [0.15, 0.2) is 42.5 Å². The average molecular weight is 1410 g/mol. The summed E-state index contributed by atoms with van der Waals surface area (Å²) in [5, 5.41) is 76.1. The molecular weight excluding hydrogens is 1290 g/mol. The Bertz CT molecular complexity index is 3050. The maximum absolute atomic E-state index is 14.1. The van der Waals surface area contributed by atoms with E-state index in [0.29, 0.717) is 170 Å². The maximum atomic E-state index is 14.1. The molecule has 9 N–H and O–H groups in total. The molecule has 2 unspecified atom stereocenters. The highest BCUT2D eigenvalue weighted by Crippen LogP contribution is 2.59. The number of aliphatic hydroxyl groups excluding tert-OH is 2. The molecule has 4 bridgehead atoms. The minimum Gasteiger partial charge on any atom is -0.496 e. The summed E-state index contributed by atoms with van der Waals surface area (Å²) in [4.78, 5) is 99.0. The molecule has 1 saturated heterocycles. The number of carboxylic acid groups (broad SMARTS) is 3. The molecule has 2 aromatic carbocycles. The first-order valence-electron chi connectivity index (χ1n) is 35.5. The van der Waals surface area contributed by atoms with Gasteiger partial charge >= 0.3 is 17.9 Å². The van der Waals surface area contributed by atoms with Crippen molar-refractivity contribution in [1.82, 2.24) is 55.1 Å². The third kappa shape index (κ3) is 23.3. The third-order valence-electron chi connectivity index (χ3n) is 20.0. The minimum absolute atomic E-state index is 0.0185. The molecule has 29 heteroatoms. The summed E-state index contributed by atoms with van der Waals surface area (Å²) in [6.07, 6.45) is 4.17. The summed E-state index contributed by atoms with van der Waals surface area (Å²) in [6.45, 7) is 11.0. The van der Waals surface area contributed by atoms with E-state index in [1.165, 1.54) is 0 Å². The van der Waals surface area contributed by atoms with Crippen molar-refractivity contribution in [3.63, 3.8) is 0 Å². The molecule has 4 saturated carbocycles. The lowest BCUT2D eigenvalue weighted by atomic mass is 9.48. The van der Waals surface area contributed by atoms with Gasteiger partial charge in [0.05, 0.1) is 76.7 Å². The van der Waals surface area contributed by atoms with Gasteiger partial charge in [-0.25, -0.2) is 4.68 Å². The molecule has 3 aromatic rings. The fourth-order valence-corrected chi connectivity index (χ4v) is 14.9. The fraction of sp³-hybridized carbons (Fsp3) is 0.690. The number of nitrogens with zero attached hydrogens (tertiary/aromatic N) is 8. The summed E-state index contributed by atoms with van der Waals surface area (Å²) < 4.78 is 30.3. The summed E-state index contributed by atoms with van der Waals surface area (Å²) in [7, 11) is 8.68. The SMILES string of the molecule is COc1cccc(OC)c1-c1cc(C(O)NC2(C(=O)O)C3CC4CC(C3)CC2C4)nn1-c1ccc(C(=O)N(C)CCCN(C)CCCN(C)C(=O)CCC(=O)NCCCOCCOCCOCCCNC(=O)CCC(C(O)O)N2CCN(CC(=O)O)CCN(CC(=O)O)CC2)cc1C(C)C. The quantitative estimate of drug-likeness (QED) is 0.0290. The molecule has 100 heavy (non-hydrogen) atoms. The van der Waals surface area contributed by atoms with Crippen LogP contribution in [-0.4, -0.2) is 296 Å². The molecule has 4 aliphatic carbocycles. The van der Waals surface area contributed by atoms with E-state index in [1.54, 1.807) is 69.6 Å². The van der Waals surface area contributed by atoms with E-state index in [4.69, 9.17) is 28.8 Å². The number of carboxylic acids is 3. The number of ether oxygens (including phenoxy) is 5. The van der Waals surface area contributed by atoms with E-state index in [1.807, 2.05) is 51.2 Å². The first kappa shape index (κ1) is 80.4. The standard InChI is InChI=1S/C71H111N11O18/c1-48(2)54-44-51(15-16-56(54)82-58(66-59(96-6)13-8-14-60(66)97-7)45-55(75-82)67(90)74-71(70(94)95)52-40-49-39-50(42-52)43-53(71)41-49)68(91)78(5)26-12-24-76(3)23-11-25-77(4)63(85)20-19-62(84)73-22-10-34-99-36-38-100-37-35-98-33-9-21-72-61(83)18-17-57(69(92)93)81-31-29-79(46-64(86)87)27-28-80(30-32-81)47-65(88)89/h8,13-16,44-45,48-50,52-53,57,67,69,74,90,92-93H,9-12,17-43,46-47H2,1-7H3,(H,72,83)(H,73,84)(H,86,87)(H,88,89)(H,94,95). The molecule has 0 radical (unpaired) electrons. The lowest BCUT2D eigenvalue weighted by Gasteiger charge is -2.59. The number of carbonyl (C=O) groups excluding carboxylic acids is 4. The van der Waals surface area contributed by atoms with E-state index in [9.17, 15) is 64.2 Å². The number of hydrogen-bond donors (Lipinski definition) is 9. The largest absolute Gasteiger partial charge is 0.496 e. The van der Waals surface area contributed by atoms with Crippen LogP contribution in [0.5, 0.6) is 11.5 Å². The fourth-order valence-electron chi connectivity index (χ4n) is 14.9. The zero-order chi connectivity index (χ0) is 72.5. The smallest absolute Gasteiger partial charge is 0.324 e. The lowest BCUT2D eigenvalue weighted by Crippen LogP contribution is -2.69. The van der Waals surface area contributed by atoms with Gasteiger partial charge in [-0.05, 0) is 156 Å². The van der Waals surface area contributed by atoms with Crippen LogP contribution in [0.3, 0.4) is 0 Å². The number of amides is 4. The Morgan fingerprint density at radius 3 is 1.66 bits per heavy atom. The Kier molecular flexibility index (Phi) is 32.2. The molecule has 5 fully saturated rings. The summed E-state index contributed by atoms with van der Waals surface area (Å²) in [6, 6.07) is 11.9. The molecule has 2 atom stereocenters. The van der Waals surface area contributed by atoms with Crippen LogP contribution in [0, 0.1) is 23.7 Å². The molecule has 8 rings (SSSR count). The van der Waals surface area contributed by atoms with Crippen molar-refractivity contribution in [2.45, 2.75) is 127 Å². The van der Waals surface area contributed by atoms with Crippen molar-refractivity contribution in [3.8, 4) is 28.4 Å². The molecular formula is C71H111N11O18. The van der Waals surface area contributed by atoms with E-state index in [0.717, 1.165) is 57.2 Å². The number of benzene rings is 2. The Balaban J connectivity index is 0.727. The van der Waals surface area contributed by atoms with E-state index in [-0.39, 0.29) is 85.8 Å². The van der Waals surface area contributed by atoms with Crippen molar-refractivity contribution in [1.29, 1.82) is 0 Å². The van der Waals surface area contributed by atoms with E-state index in [2.05, 4.69) is 20.9 Å². The molecule has 558 valence electrons. The third-order valence-corrected chi connectivity index (χ3v) is 20.0. The van der Waals surface area contributed by atoms with Crippen LogP contribution in [0.4, 0.5) is 0 Å². The second-order valence-corrected chi connectivity index (χ2v) is 27.5. The van der Waals surface area contributed by atoms with Gasteiger partial charge in [-0.1, -0.05) is 19.9 Å². The zero-order valence-electron chi connectivity index (χ0n) is 59.7. The van der Waals surface area contributed by atoms with Gasteiger partial charge in [0.2, 0.25) is 17.7 Å². The number of rotatable bonds is 44. The van der Waals surface area contributed by atoms with Crippen molar-refractivity contribution < 1.29 is 87.9 Å². The zero-order valence-corrected chi connectivity index (χ0v) is 59.7. The van der Waals surface area contributed by atoms with Crippen LogP contribution < -0.4 is 25.4 Å². The lowest BCUT2D eigenvalue weighted by molar-refractivity contribution is -0.169. The van der Waals surface area contributed by atoms with Gasteiger partial charge in [-0.3, -0.25) is 53.6 Å². The Morgan fingerprint density at radius 1 is 0.630 bits per heavy atom. The number of carbonyl (C=O) groups is 7. The molecule has 1 aromatic heterocycles. The van der Waals surface area contributed by atoms with Crippen molar-refractivity contribution in [2.75, 3.05) is 167 Å². The molecule has 29 nitrogen and oxygen atoms in total. The number of methoxy groups -OCH3 is 2. The normalized spacial score (nSPS) is 20.2. The van der Waals surface area contributed by atoms with Gasteiger partial charge in [-0.2, -0.15) is 5.10 Å². The van der Waals surface area contributed by atoms with Gasteiger partial charge in [-0.15, -0.1) is 0 Å². The maximum Gasteiger partial charge on any atom is 0.324 e. The Morgan fingerprint density at radius 2 is 1.15 bits per heavy atom. The van der Waals surface area contributed by atoms with Gasteiger partial charge < -0.3 is 79.7 Å². The highest BCUT2D eigenvalue weighted by atomic mass is 16.5. The summed E-state index contributed by atoms with van der Waals surface area (Å²) >= 11 is 0. The Labute approximate surface area is 587 Å². The van der Waals surface area contributed by atoms with E-state index >= 15 is 0 Å². The van der Waals surface area contributed by atoms with Crippen molar-refractivity contribution in [2.24, 2.45) is 23.7 Å². The van der Waals surface area contributed by atoms with Crippen LogP contribution in [-0.2, 0) is 43.0 Å². The number of hydrogen-bond acceptors (Lipinski definition) is 21. The Hall–Kier alpha value is -6.90. The second kappa shape index (κ2) is 40.1. The van der Waals surface area contributed by atoms with Gasteiger partial charge in [0.1, 0.15) is 22.7 Å².